The van der Waals surface area contributed by atoms with Crippen LogP contribution in [0.4, 0.5) is 5.69 Å². The predicted molar refractivity (Wildman–Crippen MR) is 104 cm³/mol. The van der Waals surface area contributed by atoms with Gasteiger partial charge in [-0.1, -0.05) is 37.8 Å². The van der Waals surface area contributed by atoms with Gasteiger partial charge >= 0.3 is 0 Å². The number of nitro benzene ring substituents is 1. The van der Waals surface area contributed by atoms with Gasteiger partial charge in [0.2, 0.25) is 5.91 Å². The molecule has 1 fully saturated rings. The SMILES string of the molecule is CCCCCCNC(=O)C1CCCN(C(=O)c2ccc(Cl)cc2[N+](=O)[O-])C1. The molecule has 148 valence electrons. The molecule has 2 amide bonds. The number of rotatable bonds is 8. The molecule has 0 radical (unpaired) electrons. The fraction of sp³-hybridized carbons (Fsp3) is 0.579. The summed E-state index contributed by atoms with van der Waals surface area (Å²) < 4.78 is 0. The third-order valence-electron chi connectivity index (χ3n) is 4.80. The number of nitrogens with one attached hydrogen (secondary N) is 1. The second-order valence-corrected chi connectivity index (χ2v) is 7.30. The molecule has 0 aromatic heterocycles. The highest BCUT2D eigenvalue weighted by Gasteiger charge is 2.31. The Bertz CT molecular complexity index is 696. The minimum Gasteiger partial charge on any atom is -0.356 e. The van der Waals surface area contributed by atoms with Crippen LogP contribution in [-0.2, 0) is 4.79 Å². The third-order valence-corrected chi connectivity index (χ3v) is 5.03. The smallest absolute Gasteiger partial charge is 0.283 e. The number of unbranched alkanes of at least 4 members (excludes halogenated alkanes) is 3. The number of nitrogens with zero attached hydrogens (tertiary/aromatic N) is 2. The first-order valence-electron chi connectivity index (χ1n) is 9.45. The van der Waals surface area contributed by atoms with E-state index in [-0.39, 0.29) is 34.6 Å². The molecule has 1 heterocycles. The van der Waals surface area contributed by atoms with Crippen molar-refractivity contribution in [2.24, 2.45) is 5.92 Å². The minimum absolute atomic E-state index is 0.00465. The minimum atomic E-state index is -0.608. The maximum absolute atomic E-state index is 12.8. The molecule has 27 heavy (non-hydrogen) atoms. The van der Waals surface area contributed by atoms with Gasteiger partial charge in [0.15, 0.2) is 0 Å². The lowest BCUT2D eigenvalue weighted by atomic mass is 9.96. The summed E-state index contributed by atoms with van der Waals surface area (Å²) in [5.41, 5.74) is -0.306. The summed E-state index contributed by atoms with van der Waals surface area (Å²) in [4.78, 5) is 37.3. The van der Waals surface area contributed by atoms with Gasteiger partial charge in [-0.2, -0.15) is 0 Å². The molecule has 1 N–H and O–H groups in total. The molecule has 2 rings (SSSR count). The summed E-state index contributed by atoms with van der Waals surface area (Å²) in [5, 5.41) is 14.4. The summed E-state index contributed by atoms with van der Waals surface area (Å²) in [6.07, 6.45) is 5.75. The van der Waals surface area contributed by atoms with Crippen LogP contribution in [-0.4, -0.2) is 41.3 Å². The number of halogens is 1. The Morgan fingerprint density at radius 3 is 2.81 bits per heavy atom. The second kappa shape index (κ2) is 10.3. The first-order chi connectivity index (χ1) is 12.9. The highest BCUT2D eigenvalue weighted by molar-refractivity contribution is 6.31. The molecule has 0 saturated carbocycles. The number of likely N-dealkylation sites (tertiary alicyclic amines) is 1. The van der Waals surface area contributed by atoms with Crippen LogP contribution in [0.5, 0.6) is 0 Å². The van der Waals surface area contributed by atoms with Crippen LogP contribution in [0.3, 0.4) is 0 Å². The van der Waals surface area contributed by atoms with Gasteiger partial charge in [-0.25, -0.2) is 0 Å². The largest absolute Gasteiger partial charge is 0.356 e. The van der Waals surface area contributed by atoms with Crippen molar-refractivity contribution in [3.63, 3.8) is 0 Å². The first kappa shape index (κ1) is 21.2. The Labute approximate surface area is 164 Å². The monoisotopic (exact) mass is 395 g/mol. The Kier molecular flexibility index (Phi) is 8.03. The van der Waals surface area contributed by atoms with E-state index in [0.29, 0.717) is 25.9 Å². The van der Waals surface area contributed by atoms with Gasteiger partial charge in [-0.3, -0.25) is 19.7 Å². The van der Waals surface area contributed by atoms with E-state index in [1.165, 1.54) is 23.1 Å². The zero-order valence-corrected chi connectivity index (χ0v) is 16.3. The highest BCUT2D eigenvalue weighted by Crippen LogP contribution is 2.26. The van der Waals surface area contributed by atoms with E-state index in [2.05, 4.69) is 12.2 Å². The number of carbonyl (C=O) groups is 2. The highest BCUT2D eigenvalue weighted by atomic mass is 35.5. The lowest BCUT2D eigenvalue weighted by Gasteiger charge is -2.32. The van der Waals surface area contributed by atoms with Crippen molar-refractivity contribution < 1.29 is 14.5 Å². The third kappa shape index (κ3) is 5.92. The zero-order chi connectivity index (χ0) is 19.8. The van der Waals surface area contributed by atoms with Crippen molar-refractivity contribution >= 4 is 29.1 Å². The number of piperidine rings is 1. The van der Waals surface area contributed by atoms with Crippen LogP contribution in [0, 0.1) is 16.0 Å². The van der Waals surface area contributed by atoms with E-state index in [9.17, 15) is 19.7 Å². The molecule has 8 heteroatoms. The lowest BCUT2D eigenvalue weighted by molar-refractivity contribution is -0.385. The van der Waals surface area contributed by atoms with Gasteiger partial charge in [0.05, 0.1) is 10.8 Å². The summed E-state index contributed by atoms with van der Waals surface area (Å²) in [5.74, 6) is -0.756. The zero-order valence-electron chi connectivity index (χ0n) is 15.6. The molecule has 1 aromatic rings. The summed E-state index contributed by atoms with van der Waals surface area (Å²) in [6.45, 7) is 3.54. The summed E-state index contributed by atoms with van der Waals surface area (Å²) in [6, 6.07) is 4.02. The fourth-order valence-corrected chi connectivity index (χ4v) is 3.46. The second-order valence-electron chi connectivity index (χ2n) is 6.86. The molecular formula is C19H26ClN3O4. The molecule has 0 aliphatic carbocycles. The Morgan fingerprint density at radius 1 is 1.33 bits per heavy atom. The Balaban J connectivity index is 1.98. The first-order valence-corrected chi connectivity index (χ1v) is 9.82. The number of benzene rings is 1. The van der Waals surface area contributed by atoms with Crippen molar-refractivity contribution in [3.8, 4) is 0 Å². The fourth-order valence-electron chi connectivity index (χ4n) is 3.29. The van der Waals surface area contributed by atoms with E-state index in [0.717, 1.165) is 25.7 Å². The number of hydrogen-bond donors (Lipinski definition) is 1. The topological polar surface area (TPSA) is 92.6 Å². The van der Waals surface area contributed by atoms with Crippen LogP contribution >= 0.6 is 11.6 Å². The molecule has 1 atom stereocenters. The molecular weight excluding hydrogens is 370 g/mol. The number of hydrogen-bond acceptors (Lipinski definition) is 4. The van der Waals surface area contributed by atoms with E-state index in [1.54, 1.807) is 0 Å². The maximum atomic E-state index is 12.8. The van der Waals surface area contributed by atoms with Gasteiger partial charge in [-0.05, 0) is 31.4 Å². The standard InChI is InChI=1S/C19H26ClN3O4/c1-2-3-4-5-10-21-18(24)14-7-6-11-22(13-14)19(25)16-9-8-15(20)12-17(16)23(26)27/h8-9,12,14H,2-7,10-11,13H2,1H3,(H,21,24). The maximum Gasteiger partial charge on any atom is 0.283 e. The van der Waals surface area contributed by atoms with Crippen LogP contribution in [0.15, 0.2) is 18.2 Å². The van der Waals surface area contributed by atoms with Gasteiger partial charge < -0.3 is 10.2 Å². The van der Waals surface area contributed by atoms with Crippen molar-refractivity contribution in [3.05, 3.63) is 38.9 Å². The molecule has 0 bridgehead atoms. The van der Waals surface area contributed by atoms with Crippen LogP contribution in [0.2, 0.25) is 5.02 Å². The Hall–Kier alpha value is -2.15. The number of amides is 2. The van der Waals surface area contributed by atoms with Crippen LogP contribution in [0.25, 0.3) is 0 Å². The quantitative estimate of drug-likeness (QED) is 0.411. The van der Waals surface area contributed by atoms with Gasteiger partial charge in [-0.15, -0.1) is 0 Å². The molecule has 1 aliphatic rings. The molecule has 1 aliphatic heterocycles. The molecule has 1 unspecified atom stereocenters. The van der Waals surface area contributed by atoms with Crippen LogP contribution in [0.1, 0.15) is 55.8 Å². The van der Waals surface area contributed by atoms with Crippen molar-refractivity contribution in [2.45, 2.75) is 45.4 Å². The van der Waals surface area contributed by atoms with Gasteiger partial charge in [0, 0.05) is 30.7 Å². The van der Waals surface area contributed by atoms with E-state index >= 15 is 0 Å². The Morgan fingerprint density at radius 2 is 2.11 bits per heavy atom. The van der Waals surface area contributed by atoms with Crippen molar-refractivity contribution in [1.82, 2.24) is 10.2 Å². The van der Waals surface area contributed by atoms with Crippen molar-refractivity contribution in [2.75, 3.05) is 19.6 Å². The normalized spacial score (nSPS) is 16.8. The molecule has 0 spiro atoms. The molecule has 1 aromatic carbocycles. The number of carbonyl (C=O) groups excluding carboxylic acids is 2. The van der Waals surface area contributed by atoms with Crippen molar-refractivity contribution in [1.29, 1.82) is 0 Å². The van der Waals surface area contributed by atoms with Gasteiger partial charge in [0.1, 0.15) is 5.56 Å². The average Bonchev–Trinajstić information content (AvgIpc) is 2.67. The lowest BCUT2D eigenvalue weighted by Crippen LogP contribution is -2.45. The van der Waals surface area contributed by atoms with E-state index < -0.39 is 10.8 Å². The molecule has 7 nitrogen and oxygen atoms in total. The predicted octanol–water partition coefficient (Wildman–Crippen LogP) is 3.80. The molecule has 1 saturated heterocycles. The summed E-state index contributed by atoms with van der Waals surface area (Å²) in [7, 11) is 0. The van der Waals surface area contributed by atoms with E-state index in [4.69, 9.17) is 11.6 Å². The number of nitro groups is 1. The van der Waals surface area contributed by atoms with Gasteiger partial charge in [0.25, 0.3) is 11.6 Å². The summed E-state index contributed by atoms with van der Waals surface area (Å²) >= 11 is 5.81. The van der Waals surface area contributed by atoms with E-state index in [1.807, 2.05) is 0 Å². The average molecular weight is 396 g/mol. The van der Waals surface area contributed by atoms with Crippen LogP contribution < -0.4 is 5.32 Å².